The van der Waals surface area contributed by atoms with Crippen molar-refractivity contribution >= 4 is 11.8 Å². The molecular weight excluding hydrogens is 234 g/mol. The average Bonchev–Trinajstić information content (AvgIpc) is 2.38. The van der Waals surface area contributed by atoms with Crippen LogP contribution in [0, 0.1) is 0 Å². The lowest BCUT2D eigenvalue weighted by atomic mass is 10.1. The molecule has 3 rings (SSSR count). The van der Waals surface area contributed by atoms with Crippen LogP contribution in [0.5, 0.6) is 11.5 Å². The first-order chi connectivity index (χ1) is 8.33. The standard InChI is InChI=1S/C13H17NO2S/c1-9-4-7-17-13(14-9)10-2-3-11-12(8-10)16-6-5-15-11/h2-3,8-9,13-14H,4-7H2,1H3. The minimum Gasteiger partial charge on any atom is -0.486 e. The molecule has 0 amide bonds. The van der Waals surface area contributed by atoms with Crippen LogP contribution in [0.25, 0.3) is 0 Å². The predicted octanol–water partition coefficient (Wildman–Crippen LogP) is 2.57. The van der Waals surface area contributed by atoms with Crippen LogP contribution in [0.2, 0.25) is 0 Å². The molecule has 0 aliphatic carbocycles. The van der Waals surface area contributed by atoms with E-state index in [2.05, 4.69) is 24.4 Å². The first-order valence-electron chi connectivity index (χ1n) is 6.10. The first kappa shape index (κ1) is 11.2. The van der Waals surface area contributed by atoms with E-state index in [0.29, 0.717) is 24.6 Å². The molecule has 1 aromatic carbocycles. The van der Waals surface area contributed by atoms with E-state index in [1.807, 2.05) is 17.8 Å². The molecular formula is C13H17NO2S. The molecule has 1 saturated heterocycles. The Bertz CT molecular complexity index is 410. The third kappa shape index (κ3) is 2.38. The van der Waals surface area contributed by atoms with Gasteiger partial charge in [-0.25, -0.2) is 0 Å². The molecule has 0 radical (unpaired) electrons. The topological polar surface area (TPSA) is 30.5 Å². The summed E-state index contributed by atoms with van der Waals surface area (Å²) in [4.78, 5) is 0. The van der Waals surface area contributed by atoms with Gasteiger partial charge in [0.1, 0.15) is 13.2 Å². The number of rotatable bonds is 1. The van der Waals surface area contributed by atoms with Crippen molar-refractivity contribution in [2.75, 3.05) is 19.0 Å². The largest absolute Gasteiger partial charge is 0.486 e. The maximum atomic E-state index is 5.62. The quantitative estimate of drug-likeness (QED) is 0.831. The third-order valence-electron chi connectivity index (χ3n) is 3.14. The fraction of sp³-hybridized carbons (Fsp3) is 0.538. The van der Waals surface area contributed by atoms with Crippen molar-refractivity contribution in [3.63, 3.8) is 0 Å². The van der Waals surface area contributed by atoms with Crippen LogP contribution in [0.1, 0.15) is 24.3 Å². The van der Waals surface area contributed by atoms with Gasteiger partial charge in [-0.15, -0.1) is 11.8 Å². The summed E-state index contributed by atoms with van der Waals surface area (Å²) in [7, 11) is 0. The molecule has 17 heavy (non-hydrogen) atoms. The molecule has 3 nitrogen and oxygen atoms in total. The fourth-order valence-corrected chi connectivity index (χ4v) is 3.56. The van der Waals surface area contributed by atoms with Crippen LogP contribution in [0.3, 0.4) is 0 Å². The number of fused-ring (bicyclic) bond motifs is 1. The minimum absolute atomic E-state index is 0.384. The number of thioether (sulfide) groups is 1. The zero-order valence-corrected chi connectivity index (χ0v) is 10.8. The SMILES string of the molecule is CC1CCSC(c2ccc3c(c2)OCCO3)N1. The molecule has 2 atom stereocenters. The van der Waals surface area contributed by atoms with Gasteiger partial charge in [-0.3, -0.25) is 5.32 Å². The van der Waals surface area contributed by atoms with E-state index in [1.165, 1.54) is 17.7 Å². The Balaban J connectivity index is 1.83. The Hall–Kier alpha value is -0.870. The molecule has 0 bridgehead atoms. The van der Waals surface area contributed by atoms with E-state index >= 15 is 0 Å². The van der Waals surface area contributed by atoms with Gasteiger partial charge in [0, 0.05) is 6.04 Å². The smallest absolute Gasteiger partial charge is 0.161 e. The highest BCUT2D eigenvalue weighted by Gasteiger charge is 2.21. The van der Waals surface area contributed by atoms with Crippen LogP contribution in [0.4, 0.5) is 0 Å². The second-order valence-electron chi connectivity index (χ2n) is 4.51. The summed E-state index contributed by atoms with van der Waals surface area (Å²) >= 11 is 1.96. The molecule has 4 heteroatoms. The highest BCUT2D eigenvalue weighted by Crippen LogP contribution is 2.37. The Morgan fingerprint density at radius 2 is 2.06 bits per heavy atom. The summed E-state index contributed by atoms with van der Waals surface area (Å²) in [5.41, 5.74) is 1.28. The maximum Gasteiger partial charge on any atom is 0.161 e. The number of benzene rings is 1. The molecule has 1 fully saturated rings. The van der Waals surface area contributed by atoms with Gasteiger partial charge in [0.2, 0.25) is 0 Å². The van der Waals surface area contributed by atoms with Crippen LogP contribution in [-0.4, -0.2) is 25.0 Å². The molecule has 0 aromatic heterocycles. The average molecular weight is 251 g/mol. The van der Waals surface area contributed by atoms with Crippen molar-refractivity contribution in [1.29, 1.82) is 0 Å². The maximum absolute atomic E-state index is 5.62. The Morgan fingerprint density at radius 3 is 2.88 bits per heavy atom. The van der Waals surface area contributed by atoms with Gasteiger partial charge in [-0.2, -0.15) is 0 Å². The summed E-state index contributed by atoms with van der Waals surface area (Å²) in [5, 5.41) is 3.99. The molecule has 92 valence electrons. The number of ether oxygens (including phenoxy) is 2. The summed E-state index contributed by atoms with van der Waals surface area (Å²) in [5.74, 6) is 2.97. The van der Waals surface area contributed by atoms with Crippen LogP contribution in [0.15, 0.2) is 18.2 Å². The van der Waals surface area contributed by atoms with Crippen molar-refractivity contribution in [1.82, 2.24) is 5.32 Å². The van der Waals surface area contributed by atoms with E-state index in [-0.39, 0.29) is 0 Å². The second-order valence-corrected chi connectivity index (χ2v) is 5.72. The normalized spacial score (nSPS) is 27.8. The van der Waals surface area contributed by atoms with Crippen LogP contribution < -0.4 is 14.8 Å². The Labute approximate surface area is 106 Å². The minimum atomic E-state index is 0.384. The Morgan fingerprint density at radius 1 is 1.24 bits per heavy atom. The molecule has 0 saturated carbocycles. The van der Waals surface area contributed by atoms with Crippen molar-refractivity contribution in [2.24, 2.45) is 0 Å². The first-order valence-corrected chi connectivity index (χ1v) is 7.15. The monoisotopic (exact) mass is 251 g/mol. The molecule has 0 spiro atoms. The molecule has 2 aliphatic rings. The van der Waals surface area contributed by atoms with Crippen molar-refractivity contribution < 1.29 is 9.47 Å². The molecule has 2 heterocycles. The summed E-state index contributed by atoms with van der Waals surface area (Å²) < 4.78 is 11.2. The molecule has 1 aromatic rings. The molecule has 2 unspecified atom stereocenters. The summed E-state index contributed by atoms with van der Waals surface area (Å²) in [6, 6.07) is 6.85. The Kier molecular flexibility index (Phi) is 3.16. The van der Waals surface area contributed by atoms with Crippen molar-refractivity contribution in [3.8, 4) is 11.5 Å². The van der Waals surface area contributed by atoms with Crippen LogP contribution in [-0.2, 0) is 0 Å². The number of hydrogen-bond acceptors (Lipinski definition) is 4. The number of hydrogen-bond donors (Lipinski definition) is 1. The lowest BCUT2D eigenvalue weighted by Crippen LogP contribution is -2.33. The van der Waals surface area contributed by atoms with E-state index < -0.39 is 0 Å². The van der Waals surface area contributed by atoms with E-state index in [1.54, 1.807) is 0 Å². The molecule has 2 aliphatic heterocycles. The van der Waals surface area contributed by atoms with Gasteiger partial charge in [0.05, 0.1) is 5.37 Å². The lowest BCUT2D eigenvalue weighted by Gasteiger charge is -2.29. The van der Waals surface area contributed by atoms with E-state index in [4.69, 9.17) is 9.47 Å². The van der Waals surface area contributed by atoms with Gasteiger partial charge in [-0.1, -0.05) is 6.07 Å². The van der Waals surface area contributed by atoms with Gasteiger partial charge < -0.3 is 9.47 Å². The third-order valence-corrected chi connectivity index (χ3v) is 4.35. The zero-order chi connectivity index (χ0) is 11.7. The zero-order valence-electron chi connectivity index (χ0n) is 9.94. The fourth-order valence-electron chi connectivity index (χ4n) is 2.17. The van der Waals surface area contributed by atoms with Crippen LogP contribution >= 0.6 is 11.8 Å². The highest BCUT2D eigenvalue weighted by atomic mass is 32.2. The van der Waals surface area contributed by atoms with E-state index in [0.717, 1.165) is 11.5 Å². The van der Waals surface area contributed by atoms with Crippen molar-refractivity contribution in [2.45, 2.75) is 24.8 Å². The van der Waals surface area contributed by atoms with E-state index in [9.17, 15) is 0 Å². The van der Waals surface area contributed by atoms with Gasteiger partial charge in [0.25, 0.3) is 0 Å². The summed E-state index contributed by atoms with van der Waals surface area (Å²) in [6.07, 6.45) is 1.24. The lowest BCUT2D eigenvalue weighted by molar-refractivity contribution is 0.171. The number of nitrogens with one attached hydrogen (secondary N) is 1. The van der Waals surface area contributed by atoms with Crippen molar-refractivity contribution in [3.05, 3.63) is 23.8 Å². The van der Waals surface area contributed by atoms with Gasteiger partial charge in [-0.05, 0) is 36.8 Å². The summed E-state index contributed by atoms with van der Waals surface area (Å²) in [6.45, 7) is 3.54. The second kappa shape index (κ2) is 4.78. The van der Waals surface area contributed by atoms with Gasteiger partial charge in [0.15, 0.2) is 11.5 Å². The van der Waals surface area contributed by atoms with Gasteiger partial charge >= 0.3 is 0 Å². The molecule has 1 N–H and O–H groups in total. The predicted molar refractivity (Wildman–Crippen MR) is 69.8 cm³/mol. The highest BCUT2D eigenvalue weighted by molar-refractivity contribution is 7.99.